The molecule has 1 aliphatic carbocycles. The maximum Gasteiger partial charge on any atom is 0.0588 e. The van der Waals surface area contributed by atoms with E-state index in [1.807, 2.05) is 0 Å². The lowest BCUT2D eigenvalue weighted by atomic mass is 9.97. The Hall–Kier alpha value is -0.120. The Bertz CT molecular complexity index is 284. The maximum absolute atomic E-state index is 5.79. The number of hydrogen-bond acceptors (Lipinski definition) is 3. The number of piperazine rings is 1. The van der Waals surface area contributed by atoms with Crippen LogP contribution in [0.2, 0.25) is 0 Å². The highest BCUT2D eigenvalue weighted by atomic mass is 16.5. The molecule has 0 spiro atoms. The first-order valence-electron chi connectivity index (χ1n) is 8.33. The molecule has 0 aromatic carbocycles. The summed E-state index contributed by atoms with van der Waals surface area (Å²) >= 11 is 0. The molecule has 2 aliphatic heterocycles. The largest absolute Gasteiger partial charge is 0.378 e. The van der Waals surface area contributed by atoms with Crippen molar-refractivity contribution in [1.82, 2.24) is 10.2 Å². The lowest BCUT2D eigenvalue weighted by Gasteiger charge is -2.42. The minimum Gasteiger partial charge on any atom is -0.378 e. The first-order chi connectivity index (χ1) is 9.24. The van der Waals surface area contributed by atoms with E-state index in [4.69, 9.17) is 4.74 Å². The number of ether oxygens (including phenoxy) is 1. The smallest absolute Gasteiger partial charge is 0.0588 e. The van der Waals surface area contributed by atoms with E-state index in [-0.39, 0.29) is 0 Å². The van der Waals surface area contributed by atoms with Gasteiger partial charge in [0.2, 0.25) is 0 Å². The minimum absolute atomic E-state index is 0.548. The van der Waals surface area contributed by atoms with Gasteiger partial charge in [-0.1, -0.05) is 13.8 Å². The highest BCUT2D eigenvalue weighted by molar-refractivity contribution is 4.95. The number of rotatable bonds is 5. The Morgan fingerprint density at radius 3 is 2.74 bits per heavy atom. The molecule has 1 N–H and O–H groups in total. The van der Waals surface area contributed by atoms with Gasteiger partial charge < -0.3 is 10.1 Å². The fourth-order valence-electron chi connectivity index (χ4n) is 3.69. The molecule has 3 fully saturated rings. The molecule has 0 aromatic rings. The summed E-state index contributed by atoms with van der Waals surface area (Å²) in [5.74, 6) is 1.72. The van der Waals surface area contributed by atoms with E-state index in [1.165, 1.54) is 51.7 Å². The third kappa shape index (κ3) is 3.50. The summed E-state index contributed by atoms with van der Waals surface area (Å²) in [4.78, 5) is 2.78. The van der Waals surface area contributed by atoms with Crippen LogP contribution < -0.4 is 5.32 Å². The molecular weight excluding hydrogens is 236 g/mol. The van der Waals surface area contributed by atoms with Gasteiger partial charge in [-0.2, -0.15) is 0 Å². The Labute approximate surface area is 118 Å². The molecule has 3 atom stereocenters. The Morgan fingerprint density at radius 1 is 1.26 bits per heavy atom. The Morgan fingerprint density at radius 2 is 2.11 bits per heavy atom. The summed E-state index contributed by atoms with van der Waals surface area (Å²) in [5.41, 5.74) is 0. The van der Waals surface area contributed by atoms with Crippen molar-refractivity contribution in [1.29, 1.82) is 0 Å². The van der Waals surface area contributed by atoms with Gasteiger partial charge in [-0.25, -0.2) is 0 Å². The quantitative estimate of drug-likeness (QED) is 0.826. The van der Waals surface area contributed by atoms with E-state index in [0.717, 1.165) is 24.5 Å². The fraction of sp³-hybridized carbons (Fsp3) is 1.00. The van der Waals surface area contributed by atoms with E-state index in [9.17, 15) is 0 Å². The Balaban J connectivity index is 1.53. The van der Waals surface area contributed by atoms with Crippen molar-refractivity contribution in [3.63, 3.8) is 0 Å². The summed E-state index contributed by atoms with van der Waals surface area (Å²) in [7, 11) is 0. The van der Waals surface area contributed by atoms with Gasteiger partial charge in [-0.3, -0.25) is 4.90 Å². The van der Waals surface area contributed by atoms with Crippen LogP contribution in [-0.4, -0.2) is 49.3 Å². The maximum atomic E-state index is 5.79. The molecule has 0 radical (unpaired) electrons. The van der Waals surface area contributed by atoms with Crippen LogP contribution in [0.1, 0.15) is 46.0 Å². The van der Waals surface area contributed by atoms with Gasteiger partial charge in [-0.05, 0) is 43.9 Å². The molecule has 0 aromatic heterocycles. The molecule has 2 heterocycles. The van der Waals surface area contributed by atoms with E-state index in [0.29, 0.717) is 12.1 Å². The van der Waals surface area contributed by atoms with Gasteiger partial charge in [0, 0.05) is 38.3 Å². The standard InChI is InChI=1S/C16H30N2O/c1-12(2)15-11-18(8-7-14-4-3-9-19-14)16(10-17-15)13-5-6-13/h12-17H,3-11H2,1-2H3. The van der Waals surface area contributed by atoms with Crippen molar-refractivity contribution in [3.8, 4) is 0 Å². The van der Waals surface area contributed by atoms with Gasteiger partial charge in [0.15, 0.2) is 0 Å². The van der Waals surface area contributed by atoms with Crippen LogP contribution in [-0.2, 0) is 4.74 Å². The predicted octanol–water partition coefficient (Wildman–Crippen LogP) is 2.26. The summed E-state index contributed by atoms with van der Waals surface area (Å²) in [6.07, 6.45) is 7.26. The second-order valence-electron chi connectivity index (χ2n) is 7.08. The Kier molecular flexibility index (Phi) is 4.45. The van der Waals surface area contributed by atoms with Gasteiger partial charge >= 0.3 is 0 Å². The normalized spacial score (nSPS) is 37.1. The molecule has 19 heavy (non-hydrogen) atoms. The summed E-state index contributed by atoms with van der Waals surface area (Å²) in [6, 6.07) is 1.48. The fourth-order valence-corrected chi connectivity index (χ4v) is 3.69. The second-order valence-corrected chi connectivity index (χ2v) is 7.08. The SMILES string of the molecule is CC(C)C1CN(CCC2CCCO2)C(C2CC2)CN1. The van der Waals surface area contributed by atoms with E-state index in [1.54, 1.807) is 0 Å². The molecule has 0 bridgehead atoms. The number of hydrogen-bond donors (Lipinski definition) is 1. The molecule has 0 amide bonds. The predicted molar refractivity (Wildman–Crippen MR) is 78.3 cm³/mol. The van der Waals surface area contributed by atoms with Crippen molar-refractivity contribution in [2.24, 2.45) is 11.8 Å². The molecule has 2 saturated heterocycles. The van der Waals surface area contributed by atoms with Crippen molar-refractivity contribution in [3.05, 3.63) is 0 Å². The monoisotopic (exact) mass is 266 g/mol. The van der Waals surface area contributed by atoms with E-state index < -0.39 is 0 Å². The third-order valence-electron chi connectivity index (χ3n) is 5.22. The van der Waals surface area contributed by atoms with Gasteiger partial charge in [0.25, 0.3) is 0 Å². The molecule has 3 nitrogen and oxygen atoms in total. The molecule has 3 unspecified atom stereocenters. The highest BCUT2D eigenvalue weighted by Crippen LogP contribution is 2.36. The van der Waals surface area contributed by atoms with Crippen LogP contribution in [0, 0.1) is 11.8 Å². The van der Waals surface area contributed by atoms with Crippen molar-refractivity contribution < 1.29 is 4.74 Å². The van der Waals surface area contributed by atoms with Crippen molar-refractivity contribution in [2.45, 2.75) is 64.1 Å². The zero-order chi connectivity index (χ0) is 13.2. The second kappa shape index (κ2) is 6.11. The average molecular weight is 266 g/mol. The zero-order valence-electron chi connectivity index (χ0n) is 12.6. The van der Waals surface area contributed by atoms with Crippen molar-refractivity contribution >= 4 is 0 Å². The molecular formula is C16H30N2O. The number of nitrogens with zero attached hydrogens (tertiary/aromatic N) is 1. The lowest BCUT2D eigenvalue weighted by Crippen LogP contribution is -2.59. The molecule has 1 saturated carbocycles. The lowest BCUT2D eigenvalue weighted by molar-refractivity contribution is 0.0599. The molecule has 3 aliphatic rings. The van der Waals surface area contributed by atoms with Crippen LogP contribution in [0.3, 0.4) is 0 Å². The van der Waals surface area contributed by atoms with Gasteiger partial charge in [0.1, 0.15) is 0 Å². The van der Waals surface area contributed by atoms with Crippen LogP contribution in [0.15, 0.2) is 0 Å². The average Bonchev–Trinajstić information content (AvgIpc) is 3.12. The molecule has 3 heteroatoms. The van der Waals surface area contributed by atoms with E-state index >= 15 is 0 Å². The zero-order valence-corrected chi connectivity index (χ0v) is 12.6. The minimum atomic E-state index is 0.548. The van der Waals surface area contributed by atoms with E-state index in [2.05, 4.69) is 24.1 Å². The highest BCUT2D eigenvalue weighted by Gasteiger charge is 2.39. The molecule has 3 rings (SSSR count). The van der Waals surface area contributed by atoms with Crippen LogP contribution in [0.5, 0.6) is 0 Å². The van der Waals surface area contributed by atoms with Crippen LogP contribution >= 0.6 is 0 Å². The van der Waals surface area contributed by atoms with Crippen molar-refractivity contribution in [2.75, 3.05) is 26.2 Å². The first-order valence-corrected chi connectivity index (χ1v) is 8.33. The number of nitrogens with one attached hydrogen (secondary N) is 1. The summed E-state index contributed by atoms with van der Waals surface area (Å²) in [5, 5.41) is 3.77. The van der Waals surface area contributed by atoms with Gasteiger partial charge in [-0.15, -0.1) is 0 Å². The summed E-state index contributed by atoms with van der Waals surface area (Å²) in [6.45, 7) is 9.37. The van der Waals surface area contributed by atoms with Gasteiger partial charge in [0.05, 0.1) is 6.10 Å². The van der Waals surface area contributed by atoms with Crippen LogP contribution in [0.4, 0.5) is 0 Å². The summed E-state index contributed by atoms with van der Waals surface area (Å²) < 4.78 is 5.79. The van der Waals surface area contributed by atoms with Crippen LogP contribution in [0.25, 0.3) is 0 Å². The molecule has 110 valence electrons. The first kappa shape index (κ1) is 13.8. The third-order valence-corrected chi connectivity index (χ3v) is 5.22. The topological polar surface area (TPSA) is 24.5 Å².